The highest BCUT2D eigenvalue weighted by atomic mass is 16.4. The number of fused-ring (bicyclic) bond motifs is 2. The van der Waals surface area contributed by atoms with Crippen LogP contribution in [0.1, 0.15) is 10.4 Å². The molecular weight excluding hydrogens is 294 g/mol. The van der Waals surface area contributed by atoms with Crippen LogP contribution in [0.4, 0.5) is 5.69 Å². The Bertz CT molecular complexity index is 1130. The van der Waals surface area contributed by atoms with Crippen LogP contribution in [0.5, 0.6) is 0 Å². The van der Waals surface area contributed by atoms with Gasteiger partial charge in [-0.2, -0.15) is 0 Å². The zero-order valence-corrected chi connectivity index (χ0v) is 12.3. The third kappa shape index (κ3) is 1.88. The summed E-state index contributed by atoms with van der Waals surface area (Å²) >= 11 is 0. The molecule has 6 heteroatoms. The normalized spacial score (nSPS) is 11.3. The van der Waals surface area contributed by atoms with E-state index in [1.165, 1.54) is 0 Å². The summed E-state index contributed by atoms with van der Waals surface area (Å²) < 4.78 is 8.02. The summed E-state index contributed by atoms with van der Waals surface area (Å²) in [4.78, 5) is 25.1. The standard InChI is InChI=1S/C17H13N3O3/c1-19-8-7-10-3-2-4-12(15(10)19)16(21)20-13-9-11(18)5-6-14(13)23-17(20)22/h2-9H,18H2,1H3. The van der Waals surface area contributed by atoms with Gasteiger partial charge in [-0.05, 0) is 30.3 Å². The molecule has 0 radical (unpaired) electrons. The van der Waals surface area contributed by atoms with E-state index in [1.54, 1.807) is 30.3 Å². The molecule has 0 aliphatic heterocycles. The fourth-order valence-corrected chi connectivity index (χ4v) is 2.87. The number of oxazole rings is 1. The van der Waals surface area contributed by atoms with Gasteiger partial charge < -0.3 is 14.7 Å². The van der Waals surface area contributed by atoms with Crippen LogP contribution in [0, 0.1) is 0 Å². The first-order chi connectivity index (χ1) is 11.1. The van der Waals surface area contributed by atoms with Crippen LogP contribution in [-0.2, 0) is 7.05 Å². The quantitative estimate of drug-likeness (QED) is 0.547. The molecule has 114 valence electrons. The highest BCUT2D eigenvalue weighted by Gasteiger charge is 2.20. The molecule has 4 rings (SSSR count). The molecule has 2 aromatic carbocycles. The summed E-state index contributed by atoms with van der Waals surface area (Å²) in [6.45, 7) is 0. The monoisotopic (exact) mass is 307 g/mol. The van der Waals surface area contributed by atoms with Crippen molar-refractivity contribution in [3.8, 4) is 0 Å². The summed E-state index contributed by atoms with van der Waals surface area (Å²) in [5.41, 5.74) is 8.12. The lowest BCUT2D eigenvalue weighted by Gasteiger charge is -2.06. The number of anilines is 1. The van der Waals surface area contributed by atoms with E-state index >= 15 is 0 Å². The highest BCUT2D eigenvalue weighted by Crippen LogP contribution is 2.22. The van der Waals surface area contributed by atoms with E-state index in [2.05, 4.69) is 0 Å². The minimum Gasteiger partial charge on any atom is -0.407 e. The largest absolute Gasteiger partial charge is 0.427 e. The van der Waals surface area contributed by atoms with Crippen LogP contribution in [0.15, 0.2) is 57.9 Å². The SMILES string of the molecule is Cn1ccc2cccc(C(=O)n3c(=O)oc4ccc(N)cc43)c21. The van der Waals surface area contributed by atoms with E-state index in [4.69, 9.17) is 10.2 Å². The maximum absolute atomic E-state index is 13.0. The fourth-order valence-electron chi connectivity index (χ4n) is 2.87. The molecule has 2 N–H and O–H groups in total. The van der Waals surface area contributed by atoms with Crippen molar-refractivity contribution < 1.29 is 9.21 Å². The van der Waals surface area contributed by atoms with Gasteiger partial charge in [-0.3, -0.25) is 4.79 Å². The molecule has 0 atom stereocenters. The van der Waals surface area contributed by atoms with Crippen LogP contribution in [0.2, 0.25) is 0 Å². The molecule has 0 aliphatic carbocycles. The topological polar surface area (TPSA) is 83.2 Å². The summed E-state index contributed by atoms with van der Waals surface area (Å²) in [6.07, 6.45) is 1.87. The molecule has 0 aliphatic rings. The van der Waals surface area contributed by atoms with Crippen LogP contribution in [0.25, 0.3) is 22.0 Å². The molecule has 4 aromatic rings. The Hall–Kier alpha value is -3.28. The number of aryl methyl sites for hydroxylation is 1. The van der Waals surface area contributed by atoms with E-state index in [9.17, 15) is 9.59 Å². The van der Waals surface area contributed by atoms with Crippen molar-refractivity contribution in [2.24, 2.45) is 7.05 Å². The van der Waals surface area contributed by atoms with Gasteiger partial charge in [0.15, 0.2) is 5.58 Å². The number of nitrogens with two attached hydrogens (primary N) is 1. The van der Waals surface area contributed by atoms with Crippen molar-refractivity contribution in [3.05, 3.63) is 64.8 Å². The molecule has 2 aromatic heterocycles. The minimum atomic E-state index is -0.721. The number of carbonyl (C=O) groups is 1. The van der Waals surface area contributed by atoms with Crippen molar-refractivity contribution in [1.82, 2.24) is 9.13 Å². The Morgan fingerprint density at radius 2 is 2.00 bits per heavy atom. The second-order valence-electron chi connectivity index (χ2n) is 5.41. The summed E-state index contributed by atoms with van der Waals surface area (Å²) in [7, 11) is 1.85. The average Bonchev–Trinajstić information content (AvgIpc) is 3.06. The van der Waals surface area contributed by atoms with Crippen molar-refractivity contribution in [2.45, 2.75) is 0 Å². The molecule has 0 amide bonds. The summed E-state index contributed by atoms with van der Waals surface area (Å²) in [5.74, 6) is -1.16. The summed E-state index contributed by atoms with van der Waals surface area (Å²) in [6, 6.07) is 12.1. The number of nitrogen functional groups attached to an aromatic ring is 1. The maximum Gasteiger partial charge on any atom is 0.427 e. The summed E-state index contributed by atoms with van der Waals surface area (Å²) in [5, 5.41) is 0.929. The zero-order chi connectivity index (χ0) is 16.1. The highest BCUT2D eigenvalue weighted by molar-refractivity contribution is 6.09. The van der Waals surface area contributed by atoms with Crippen LogP contribution in [-0.4, -0.2) is 15.0 Å². The second-order valence-corrected chi connectivity index (χ2v) is 5.41. The third-order valence-electron chi connectivity index (χ3n) is 3.93. The smallest absolute Gasteiger partial charge is 0.407 e. The molecule has 2 heterocycles. The van der Waals surface area contributed by atoms with E-state index in [1.807, 2.05) is 29.9 Å². The van der Waals surface area contributed by atoms with Gasteiger partial charge in [-0.25, -0.2) is 9.36 Å². The fraction of sp³-hybridized carbons (Fsp3) is 0.0588. The van der Waals surface area contributed by atoms with Gasteiger partial charge in [0, 0.05) is 24.3 Å². The molecule has 0 saturated carbocycles. The molecule has 0 bridgehead atoms. The predicted molar refractivity (Wildman–Crippen MR) is 87.5 cm³/mol. The van der Waals surface area contributed by atoms with Crippen molar-refractivity contribution in [3.63, 3.8) is 0 Å². The van der Waals surface area contributed by atoms with Gasteiger partial charge in [-0.1, -0.05) is 12.1 Å². The Morgan fingerprint density at radius 1 is 1.17 bits per heavy atom. The number of benzene rings is 2. The lowest BCUT2D eigenvalue weighted by atomic mass is 10.1. The molecule has 6 nitrogen and oxygen atoms in total. The Morgan fingerprint density at radius 3 is 2.83 bits per heavy atom. The number of hydrogen-bond acceptors (Lipinski definition) is 4. The predicted octanol–water partition coefficient (Wildman–Crippen LogP) is 2.36. The van der Waals surface area contributed by atoms with Crippen molar-refractivity contribution in [2.75, 3.05) is 5.73 Å². The number of hydrogen-bond donors (Lipinski definition) is 1. The van der Waals surface area contributed by atoms with E-state index < -0.39 is 11.7 Å². The number of para-hydroxylation sites is 1. The number of nitrogens with zero attached hydrogens (tertiary/aromatic N) is 2. The van der Waals surface area contributed by atoms with Gasteiger partial charge in [0.1, 0.15) is 5.52 Å². The number of carbonyl (C=O) groups excluding carboxylic acids is 1. The number of aromatic nitrogens is 2. The van der Waals surface area contributed by atoms with Gasteiger partial charge in [-0.15, -0.1) is 0 Å². The van der Waals surface area contributed by atoms with Gasteiger partial charge in [0.2, 0.25) is 0 Å². The van der Waals surface area contributed by atoms with E-state index in [0.29, 0.717) is 22.4 Å². The van der Waals surface area contributed by atoms with Gasteiger partial charge in [0.25, 0.3) is 5.91 Å². The first-order valence-corrected chi connectivity index (χ1v) is 7.06. The molecule has 0 fully saturated rings. The van der Waals surface area contributed by atoms with Crippen molar-refractivity contribution in [1.29, 1.82) is 0 Å². The molecule has 0 spiro atoms. The zero-order valence-electron chi connectivity index (χ0n) is 12.3. The van der Waals surface area contributed by atoms with Crippen LogP contribution in [0.3, 0.4) is 0 Å². The average molecular weight is 307 g/mol. The van der Waals surface area contributed by atoms with Crippen molar-refractivity contribution >= 4 is 33.6 Å². The Kier molecular flexibility index (Phi) is 2.68. The van der Waals surface area contributed by atoms with Crippen LogP contribution < -0.4 is 11.5 Å². The van der Waals surface area contributed by atoms with Crippen LogP contribution >= 0.6 is 0 Å². The van der Waals surface area contributed by atoms with E-state index in [-0.39, 0.29) is 0 Å². The van der Waals surface area contributed by atoms with Gasteiger partial charge >= 0.3 is 5.76 Å². The van der Waals surface area contributed by atoms with E-state index in [0.717, 1.165) is 15.5 Å². The lowest BCUT2D eigenvalue weighted by molar-refractivity contribution is 0.0958. The first-order valence-electron chi connectivity index (χ1n) is 7.06. The Labute approximate surface area is 130 Å². The lowest BCUT2D eigenvalue weighted by Crippen LogP contribution is -2.23. The second kappa shape index (κ2) is 4.61. The molecule has 0 saturated heterocycles. The third-order valence-corrected chi connectivity index (χ3v) is 3.93. The molecular formula is C17H13N3O3. The first kappa shape index (κ1) is 13.4. The molecule has 23 heavy (non-hydrogen) atoms. The number of rotatable bonds is 1. The molecule has 0 unspecified atom stereocenters. The minimum absolute atomic E-state index is 0.330. The Balaban J connectivity index is 2.02. The van der Waals surface area contributed by atoms with Gasteiger partial charge in [0.05, 0.1) is 11.1 Å². The maximum atomic E-state index is 13.0.